The number of benzene rings is 2. The lowest BCUT2D eigenvalue weighted by Crippen LogP contribution is -2.34. The third kappa shape index (κ3) is 9.46. The lowest BCUT2D eigenvalue weighted by molar-refractivity contribution is -0.142. The summed E-state index contributed by atoms with van der Waals surface area (Å²) in [5.74, 6) is 1.59. The van der Waals surface area contributed by atoms with Gasteiger partial charge in [0.25, 0.3) is 0 Å². The number of aliphatic hydroxyl groups is 2. The van der Waals surface area contributed by atoms with Crippen molar-refractivity contribution in [2.24, 2.45) is 11.8 Å². The first kappa shape index (κ1) is 32.9. The third-order valence-corrected chi connectivity index (χ3v) is 8.18. The zero-order valence-corrected chi connectivity index (χ0v) is 24.9. The first-order valence-corrected chi connectivity index (χ1v) is 14.4. The van der Waals surface area contributed by atoms with Crippen LogP contribution in [0.3, 0.4) is 0 Å². The van der Waals surface area contributed by atoms with Crippen LogP contribution in [0.5, 0.6) is 11.5 Å². The zero-order valence-electron chi connectivity index (χ0n) is 24.9. The summed E-state index contributed by atoms with van der Waals surface area (Å²) in [6.07, 6.45) is 3.62. The van der Waals surface area contributed by atoms with Crippen LogP contribution in [0.25, 0.3) is 0 Å². The fourth-order valence-electron chi connectivity index (χ4n) is 5.43. The Morgan fingerprint density at radius 3 is 1.79 bits per heavy atom. The molecule has 8 nitrogen and oxygen atoms in total. The summed E-state index contributed by atoms with van der Waals surface area (Å²) >= 11 is 0. The molecule has 5 atom stereocenters. The fourth-order valence-corrected chi connectivity index (χ4v) is 5.43. The highest BCUT2D eigenvalue weighted by molar-refractivity contribution is 5.81. The highest BCUT2D eigenvalue weighted by atomic mass is 16.6. The van der Waals surface area contributed by atoms with Crippen molar-refractivity contribution in [2.45, 2.75) is 63.6 Å². The van der Waals surface area contributed by atoms with E-state index in [-0.39, 0.29) is 31.8 Å². The standard InChI is InChI=1S/C34H44O8/c1-6-32(37)41-21-27(35)19-39-29-14-9-24(10-15-29)31-18-26(11-8-23(31)3)34(4,5)25-12-16-30(17-13-25)40-20-28(36)22-42-33(38)7-2/h6-7,9-10,12-17,23,26-28,31,35-36H,1-2,8,11,18-22H2,3-5H3. The number of hydrogen-bond acceptors (Lipinski definition) is 8. The predicted octanol–water partition coefficient (Wildman–Crippen LogP) is 5.12. The molecule has 42 heavy (non-hydrogen) atoms. The van der Waals surface area contributed by atoms with Crippen LogP contribution >= 0.6 is 0 Å². The maximum Gasteiger partial charge on any atom is 0.330 e. The summed E-state index contributed by atoms with van der Waals surface area (Å²) in [6.45, 7) is 13.3. The third-order valence-electron chi connectivity index (χ3n) is 8.18. The first-order valence-electron chi connectivity index (χ1n) is 14.4. The van der Waals surface area contributed by atoms with E-state index >= 15 is 0 Å². The van der Waals surface area contributed by atoms with Crippen LogP contribution in [0.1, 0.15) is 57.1 Å². The molecule has 1 aliphatic rings. The van der Waals surface area contributed by atoms with Crippen molar-refractivity contribution in [3.8, 4) is 11.5 Å². The van der Waals surface area contributed by atoms with E-state index in [9.17, 15) is 19.8 Å². The number of esters is 2. The van der Waals surface area contributed by atoms with Gasteiger partial charge in [-0.05, 0) is 77.8 Å². The average molecular weight is 581 g/mol. The van der Waals surface area contributed by atoms with Crippen LogP contribution < -0.4 is 9.47 Å². The lowest BCUT2D eigenvalue weighted by Gasteiger charge is -2.43. The Hall–Kier alpha value is -3.62. The van der Waals surface area contributed by atoms with Gasteiger partial charge in [0, 0.05) is 12.2 Å². The molecule has 3 rings (SSSR count). The highest BCUT2D eigenvalue weighted by Crippen LogP contribution is 2.48. The minimum Gasteiger partial charge on any atom is -0.491 e. The number of rotatable bonds is 15. The number of carbonyl (C=O) groups excluding carboxylic acids is 2. The Kier molecular flexibility index (Phi) is 12.2. The van der Waals surface area contributed by atoms with E-state index in [4.69, 9.17) is 18.9 Å². The molecule has 0 saturated heterocycles. The van der Waals surface area contributed by atoms with E-state index in [0.717, 1.165) is 31.4 Å². The molecule has 2 N–H and O–H groups in total. The van der Waals surface area contributed by atoms with Crippen LogP contribution in [0, 0.1) is 11.8 Å². The van der Waals surface area contributed by atoms with Gasteiger partial charge in [0.1, 0.15) is 50.1 Å². The predicted molar refractivity (Wildman–Crippen MR) is 160 cm³/mol. The molecule has 2 aromatic carbocycles. The van der Waals surface area contributed by atoms with Crippen molar-refractivity contribution in [3.05, 3.63) is 85.0 Å². The molecule has 0 aromatic heterocycles. The smallest absolute Gasteiger partial charge is 0.330 e. The Labute approximate surface area is 248 Å². The van der Waals surface area contributed by atoms with E-state index < -0.39 is 24.1 Å². The number of carbonyl (C=O) groups is 2. The van der Waals surface area contributed by atoms with E-state index in [0.29, 0.717) is 29.3 Å². The quantitative estimate of drug-likeness (QED) is 0.221. The van der Waals surface area contributed by atoms with Crippen LogP contribution in [-0.4, -0.2) is 60.8 Å². The van der Waals surface area contributed by atoms with Gasteiger partial charge in [0.15, 0.2) is 0 Å². The van der Waals surface area contributed by atoms with E-state index in [1.807, 2.05) is 24.3 Å². The van der Waals surface area contributed by atoms with Crippen molar-refractivity contribution < 1.29 is 38.7 Å². The highest BCUT2D eigenvalue weighted by Gasteiger charge is 2.38. The van der Waals surface area contributed by atoms with Gasteiger partial charge in [-0.15, -0.1) is 0 Å². The molecule has 1 fully saturated rings. The Balaban J connectivity index is 1.56. The molecule has 228 valence electrons. The minimum absolute atomic E-state index is 0.0188. The molecule has 0 amide bonds. The van der Waals surface area contributed by atoms with Gasteiger partial charge in [-0.2, -0.15) is 0 Å². The van der Waals surface area contributed by atoms with Crippen molar-refractivity contribution in [1.29, 1.82) is 0 Å². The first-order chi connectivity index (χ1) is 20.0. The molecular formula is C34H44O8. The summed E-state index contributed by atoms with van der Waals surface area (Å²) < 4.78 is 21.1. The van der Waals surface area contributed by atoms with Crippen molar-refractivity contribution in [2.75, 3.05) is 26.4 Å². The summed E-state index contributed by atoms with van der Waals surface area (Å²) in [4.78, 5) is 22.3. The van der Waals surface area contributed by atoms with E-state index in [2.05, 4.69) is 58.2 Å². The van der Waals surface area contributed by atoms with E-state index in [1.165, 1.54) is 11.1 Å². The van der Waals surface area contributed by atoms with Crippen LogP contribution in [-0.2, 0) is 24.5 Å². The molecule has 8 heteroatoms. The van der Waals surface area contributed by atoms with Gasteiger partial charge in [-0.3, -0.25) is 0 Å². The molecule has 1 saturated carbocycles. The number of aliphatic hydroxyl groups excluding tert-OH is 2. The molecule has 2 aromatic rings. The molecule has 1 aliphatic carbocycles. The molecule has 5 unspecified atom stereocenters. The number of ether oxygens (including phenoxy) is 4. The van der Waals surface area contributed by atoms with Crippen molar-refractivity contribution in [1.82, 2.24) is 0 Å². The van der Waals surface area contributed by atoms with Crippen molar-refractivity contribution >= 4 is 11.9 Å². The van der Waals surface area contributed by atoms with Gasteiger partial charge in [0.2, 0.25) is 0 Å². The average Bonchev–Trinajstić information content (AvgIpc) is 3.00. The normalized spacial score (nSPS) is 20.1. The number of hydrogen-bond donors (Lipinski definition) is 2. The SMILES string of the molecule is C=CC(=O)OCC(O)COc1ccc(C2CC(C(C)(C)c3ccc(OCC(O)COC(=O)C=C)cc3)CCC2C)cc1. The monoisotopic (exact) mass is 580 g/mol. The Morgan fingerprint density at radius 1 is 0.833 bits per heavy atom. The maximum atomic E-state index is 11.2. The van der Waals surface area contributed by atoms with Crippen molar-refractivity contribution in [3.63, 3.8) is 0 Å². The maximum absolute atomic E-state index is 11.2. The molecule has 0 heterocycles. The van der Waals surface area contributed by atoms with Gasteiger partial charge in [-0.25, -0.2) is 9.59 Å². The van der Waals surface area contributed by atoms with Crippen LogP contribution in [0.2, 0.25) is 0 Å². The lowest BCUT2D eigenvalue weighted by atomic mass is 9.62. The molecule has 0 bridgehead atoms. The molecule has 0 aliphatic heterocycles. The second-order valence-electron chi connectivity index (χ2n) is 11.5. The zero-order chi connectivity index (χ0) is 30.7. The van der Waals surface area contributed by atoms with Gasteiger partial charge < -0.3 is 29.2 Å². The second-order valence-corrected chi connectivity index (χ2v) is 11.5. The summed E-state index contributed by atoms with van der Waals surface area (Å²) in [7, 11) is 0. The largest absolute Gasteiger partial charge is 0.491 e. The summed E-state index contributed by atoms with van der Waals surface area (Å²) in [6, 6.07) is 16.1. The topological polar surface area (TPSA) is 112 Å². The Morgan fingerprint density at radius 2 is 1.31 bits per heavy atom. The molecule has 0 spiro atoms. The van der Waals surface area contributed by atoms with Gasteiger partial charge in [0.05, 0.1) is 0 Å². The second kappa shape index (κ2) is 15.6. The van der Waals surface area contributed by atoms with Gasteiger partial charge >= 0.3 is 11.9 Å². The molecule has 0 radical (unpaired) electrons. The minimum atomic E-state index is -0.924. The van der Waals surface area contributed by atoms with Crippen LogP contribution in [0.15, 0.2) is 73.8 Å². The van der Waals surface area contributed by atoms with Crippen LogP contribution in [0.4, 0.5) is 0 Å². The molecular weight excluding hydrogens is 536 g/mol. The fraction of sp³-hybridized carbons (Fsp3) is 0.471. The van der Waals surface area contributed by atoms with E-state index in [1.54, 1.807) is 0 Å². The summed E-state index contributed by atoms with van der Waals surface area (Å²) in [5.41, 5.74) is 2.45. The Bertz CT molecular complexity index is 1170. The summed E-state index contributed by atoms with van der Waals surface area (Å²) in [5, 5.41) is 20.0. The van der Waals surface area contributed by atoms with Gasteiger partial charge in [-0.1, -0.05) is 58.2 Å².